The van der Waals surface area contributed by atoms with Crippen molar-refractivity contribution in [2.45, 2.75) is 88.3 Å². The quantitative estimate of drug-likeness (QED) is 0.144. The van der Waals surface area contributed by atoms with Crippen LogP contribution in [0.15, 0.2) is 186 Å². The number of hydrogen-bond acceptors (Lipinski definition) is 4. The lowest BCUT2D eigenvalue weighted by atomic mass is 9.73. The van der Waals surface area contributed by atoms with Crippen molar-refractivity contribution in [1.82, 2.24) is 9.55 Å². The van der Waals surface area contributed by atoms with Gasteiger partial charge in [0.05, 0.1) is 22.4 Å². The van der Waals surface area contributed by atoms with Crippen molar-refractivity contribution in [2.75, 3.05) is 16.5 Å². The van der Waals surface area contributed by atoms with Crippen LogP contribution in [0.4, 0.5) is 22.7 Å². The van der Waals surface area contributed by atoms with Crippen LogP contribution in [0, 0.1) is 13.8 Å². The first kappa shape index (κ1) is 42.4. The number of pyridine rings is 1. The molecule has 0 amide bonds. The molecule has 0 spiro atoms. The molecule has 3 heterocycles. The molecule has 0 N–H and O–H groups in total. The fraction of sp³-hybridized carbons (Fsp3) is 0.217. The molecule has 0 saturated carbocycles. The molecule has 2 aromatic heterocycles. The van der Waals surface area contributed by atoms with E-state index in [9.17, 15) is 0 Å². The van der Waals surface area contributed by atoms with E-state index in [0.717, 1.165) is 16.9 Å². The average Bonchev–Trinajstić information content (AvgIpc) is 3.84. The Morgan fingerprint density at radius 2 is 1.02 bits per heavy atom. The number of hydrogen-bond donors (Lipinski definition) is 0. The Morgan fingerprint density at radius 1 is 0.446 bits per heavy atom. The molecule has 0 aliphatic carbocycles. The Hall–Kier alpha value is -6.56. The molecular formula is C60H58N4S. The van der Waals surface area contributed by atoms with Gasteiger partial charge in [0, 0.05) is 49.0 Å². The first-order chi connectivity index (χ1) is 31.2. The van der Waals surface area contributed by atoms with Crippen LogP contribution in [0.2, 0.25) is 0 Å². The first-order valence-corrected chi connectivity index (χ1v) is 23.7. The van der Waals surface area contributed by atoms with E-state index in [1.54, 1.807) is 0 Å². The zero-order chi connectivity index (χ0) is 45.3. The number of para-hydroxylation sites is 1. The van der Waals surface area contributed by atoms with Crippen LogP contribution in [-0.4, -0.2) is 16.2 Å². The summed E-state index contributed by atoms with van der Waals surface area (Å²) in [4.78, 5) is 12.3. The lowest BCUT2D eigenvalue weighted by Crippen LogP contribution is -2.27. The highest BCUT2D eigenvalue weighted by Crippen LogP contribution is 2.49. The minimum atomic E-state index is -0.222. The van der Waals surface area contributed by atoms with Gasteiger partial charge in [-0.1, -0.05) is 157 Å². The minimum absolute atomic E-state index is 0.0123. The summed E-state index contributed by atoms with van der Waals surface area (Å²) in [7, 11) is 0. The molecule has 0 bridgehead atoms. The summed E-state index contributed by atoms with van der Waals surface area (Å²) in [6, 6.07) is 63.1. The first-order valence-electron chi connectivity index (χ1n) is 22.9. The molecule has 0 atom stereocenters. The van der Waals surface area contributed by atoms with E-state index in [0.29, 0.717) is 6.67 Å². The van der Waals surface area contributed by atoms with Gasteiger partial charge in [0.2, 0.25) is 0 Å². The monoisotopic (exact) mass is 866 g/mol. The topological polar surface area (TPSA) is 24.3 Å². The maximum atomic E-state index is 4.93. The van der Waals surface area contributed by atoms with Crippen LogP contribution in [0.25, 0.3) is 27.6 Å². The van der Waals surface area contributed by atoms with E-state index in [2.05, 4.69) is 247 Å². The van der Waals surface area contributed by atoms with Crippen LogP contribution in [0.3, 0.4) is 0 Å². The number of aryl methyl sites for hydroxylation is 2. The van der Waals surface area contributed by atoms with Crippen LogP contribution in [0.5, 0.6) is 0 Å². The molecule has 10 rings (SSSR count). The minimum Gasteiger partial charge on any atom is -0.321 e. The Labute approximate surface area is 389 Å². The number of fused-ring (bicyclic) bond motifs is 4. The van der Waals surface area contributed by atoms with Gasteiger partial charge in [-0.2, -0.15) is 0 Å². The Balaban J connectivity index is 1.04. The average molecular weight is 867 g/mol. The number of rotatable bonds is 9. The molecule has 1 aliphatic rings. The third kappa shape index (κ3) is 7.70. The predicted molar refractivity (Wildman–Crippen MR) is 276 cm³/mol. The second-order valence-electron chi connectivity index (χ2n) is 20.0. The fourth-order valence-corrected chi connectivity index (χ4v) is 10.5. The summed E-state index contributed by atoms with van der Waals surface area (Å²) in [6.45, 7) is 21.4. The van der Waals surface area contributed by atoms with Crippen LogP contribution in [0.1, 0.15) is 87.4 Å². The summed E-state index contributed by atoms with van der Waals surface area (Å²) >= 11 is 1.81. The zero-order valence-corrected chi connectivity index (χ0v) is 40.0. The summed E-state index contributed by atoms with van der Waals surface area (Å²) in [6.07, 6.45) is 1.95. The van der Waals surface area contributed by atoms with Crippen LogP contribution in [-0.2, 0) is 16.2 Å². The number of nitrogens with zero attached hydrogens (tertiary/aromatic N) is 4. The normalized spacial score (nSPS) is 13.2. The van der Waals surface area contributed by atoms with Gasteiger partial charge in [-0.3, -0.25) is 4.57 Å². The van der Waals surface area contributed by atoms with Gasteiger partial charge in [0.15, 0.2) is 0 Å². The fourth-order valence-electron chi connectivity index (χ4n) is 9.60. The molecule has 65 heavy (non-hydrogen) atoms. The van der Waals surface area contributed by atoms with Crippen molar-refractivity contribution < 1.29 is 0 Å². The van der Waals surface area contributed by atoms with E-state index < -0.39 is 0 Å². The number of benzene rings is 7. The summed E-state index contributed by atoms with van der Waals surface area (Å²) in [5.74, 6) is 0.945. The van der Waals surface area contributed by atoms with Gasteiger partial charge in [-0.25, -0.2) is 4.98 Å². The second kappa shape index (κ2) is 16.2. The van der Waals surface area contributed by atoms with Gasteiger partial charge in [0.25, 0.3) is 0 Å². The zero-order valence-electron chi connectivity index (χ0n) is 39.1. The van der Waals surface area contributed by atoms with E-state index >= 15 is 0 Å². The second-order valence-corrected chi connectivity index (χ2v) is 21.1. The molecule has 1 aliphatic heterocycles. The molecule has 5 heteroatoms. The third-order valence-electron chi connectivity index (χ3n) is 14.0. The Kier molecular flexibility index (Phi) is 10.5. The highest BCUT2D eigenvalue weighted by Gasteiger charge is 2.34. The van der Waals surface area contributed by atoms with Gasteiger partial charge < -0.3 is 9.80 Å². The van der Waals surface area contributed by atoms with Crippen molar-refractivity contribution in [1.29, 1.82) is 0 Å². The molecule has 0 unspecified atom stereocenters. The predicted octanol–water partition coefficient (Wildman–Crippen LogP) is 16.1. The highest BCUT2D eigenvalue weighted by atomic mass is 32.2. The largest absolute Gasteiger partial charge is 0.321 e. The van der Waals surface area contributed by atoms with Crippen molar-refractivity contribution in [3.05, 3.63) is 215 Å². The maximum Gasteiger partial charge on any atom is 0.137 e. The van der Waals surface area contributed by atoms with E-state index in [-0.39, 0.29) is 16.2 Å². The summed E-state index contributed by atoms with van der Waals surface area (Å²) < 4.78 is 2.34. The molecule has 7 aromatic carbocycles. The molecule has 324 valence electrons. The van der Waals surface area contributed by atoms with E-state index in [4.69, 9.17) is 4.98 Å². The van der Waals surface area contributed by atoms with Crippen LogP contribution < -0.4 is 9.80 Å². The molecule has 9 aromatic rings. The summed E-state index contributed by atoms with van der Waals surface area (Å²) in [5, 5.41) is 2.46. The van der Waals surface area contributed by atoms with Gasteiger partial charge in [-0.15, -0.1) is 0 Å². The molecular weight excluding hydrogens is 809 g/mol. The summed E-state index contributed by atoms with van der Waals surface area (Å²) in [5.41, 5.74) is 15.8. The third-order valence-corrected chi connectivity index (χ3v) is 14.9. The van der Waals surface area contributed by atoms with Crippen molar-refractivity contribution in [3.63, 3.8) is 0 Å². The lowest BCUT2D eigenvalue weighted by molar-refractivity contribution is 0.588. The number of anilines is 4. The smallest absolute Gasteiger partial charge is 0.137 e. The molecule has 4 nitrogen and oxygen atoms in total. The van der Waals surface area contributed by atoms with Gasteiger partial charge in [-0.05, 0) is 131 Å². The Morgan fingerprint density at radius 3 is 1.65 bits per heavy atom. The van der Waals surface area contributed by atoms with Crippen LogP contribution >= 0.6 is 11.8 Å². The van der Waals surface area contributed by atoms with E-state index in [1.165, 1.54) is 82.3 Å². The van der Waals surface area contributed by atoms with Gasteiger partial charge in [0.1, 0.15) is 12.5 Å². The van der Waals surface area contributed by atoms with Crippen molar-refractivity contribution >= 4 is 56.3 Å². The SMILES string of the molecule is Cc1cc2c(cc1C)N(c1cc(C(C)(C)c3ccccc3)cc(C(C)(C)c3ccccc3)c1)CN2c1cccc(Sc2ccc3c4ccccc4n(-c4cc(C(C)(C)C)ccn4)c3c2)c1. The lowest BCUT2D eigenvalue weighted by Gasteiger charge is -2.33. The molecule has 0 fully saturated rings. The molecule has 0 saturated heterocycles. The number of aromatic nitrogens is 2. The highest BCUT2D eigenvalue weighted by molar-refractivity contribution is 7.99. The van der Waals surface area contributed by atoms with Crippen molar-refractivity contribution in [2.24, 2.45) is 0 Å². The van der Waals surface area contributed by atoms with Gasteiger partial charge >= 0.3 is 0 Å². The maximum absolute atomic E-state index is 4.93. The Bertz CT molecular complexity index is 3160. The standard InChI is InChI=1S/C60H58N4S/c1-40-31-55-56(32-41(40)2)63(48-34-45(59(6,7)42-19-12-10-13-20-42)33-46(35-48)60(8,9)43-21-14-11-15-22-43)39-62(55)47-23-18-24-49(37-47)65-50-27-28-52-51-25-16-17-26-53(51)64(54(52)38-50)57-36-44(29-30-61-57)58(3,4)5/h10-38H,39H2,1-9H3. The van der Waals surface area contributed by atoms with E-state index in [1.807, 2.05) is 18.0 Å². The molecule has 0 radical (unpaired) electrons. The van der Waals surface area contributed by atoms with Crippen molar-refractivity contribution in [3.8, 4) is 5.82 Å².